The zero-order chi connectivity index (χ0) is 19.4. The fourth-order valence-electron chi connectivity index (χ4n) is 3.15. The zero-order valence-corrected chi connectivity index (χ0v) is 16.9. The number of aromatic amines is 1. The fraction of sp³-hybridized carbons (Fsp3) is 0.500. The molecular formula is C18H27N5O3S. The number of benzene rings is 1. The number of methoxy groups -OCH3 is 1. The molecule has 0 atom stereocenters. The second-order valence-corrected chi connectivity index (χ2v) is 8.84. The Hall–Kier alpha value is -1.94. The molecule has 1 aromatic carbocycles. The van der Waals surface area contributed by atoms with Gasteiger partial charge < -0.3 is 9.64 Å². The van der Waals surface area contributed by atoms with Crippen molar-refractivity contribution in [2.24, 2.45) is 0 Å². The number of piperazine rings is 1. The van der Waals surface area contributed by atoms with Crippen molar-refractivity contribution >= 4 is 10.0 Å². The van der Waals surface area contributed by atoms with Crippen LogP contribution in [0.3, 0.4) is 0 Å². The Morgan fingerprint density at radius 1 is 1.22 bits per heavy atom. The number of H-pyrrole nitrogens is 1. The van der Waals surface area contributed by atoms with Crippen LogP contribution in [0.4, 0.5) is 0 Å². The summed E-state index contributed by atoms with van der Waals surface area (Å²) >= 11 is 0. The van der Waals surface area contributed by atoms with Crippen LogP contribution in [-0.2, 0) is 10.0 Å². The molecule has 1 aliphatic heterocycles. The summed E-state index contributed by atoms with van der Waals surface area (Å²) in [5.74, 6) is 0.516. The Bertz CT molecular complexity index is 844. The van der Waals surface area contributed by atoms with E-state index in [2.05, 4.69) is 20.0 Å². The summed E-state index contributed by atoms with van der Waals surface area (Å²) in [4.78, 5) is 4.69. The first kappa shape index (κ1) is 19.8. The normalized spacial score (nSPS) is 16.7. The molecule has 2 heterocycles. The second-order valence-electron chi connectivity index (χ2n) is 6.90. The Kier molecular flexibility index (Phi) is 6.15. The lowest BCUT2D eigenvalue weighted by atomic mass is 10.1. The van der Waals surface area contributed by atoms with Crippen molar-refractivity contribution in [2.75, 3.05) is 60.5 Å². The van der Waals surface area contributed by atoms with Crippen molar-refractivity contribution in [1.29, 1.82) is 0 Å². The van der Waals surface area contributed by atoms with Crippen LogP contribution in [0.1, 0.15) is 0 Å². The van der Waals surface area contributed by atoms with E-state index in [1.54, 1.807) is 42.0 Å². The molecular weight excluding hydrogens is 366 g/mol. The molecule has 0 spiro atoms. The van der Waals surface area contributed by atoms with Crippen molar-refractivity contribution in [2.45, 2.75) is 4.90 Å². The molecule has 8 nitrogen and oxygen atoms in total. The Morgan fingerprint density at radius 2 is 1.96 bits per heavy atom. The van der Waals surface area contributed by atoms with Gasteiger partial charge in [0.15, 0.2) is 0 Å². The van der Waals surface area contributed by atoms with Gasteiger partial charge in [-0.25, -0.2) is 8.42 Å². The van der Waals surface area contributed by atoms with Gasteiger partial charge in [-0.15, -0.1) is 0 Å². The summed E-state index contributed by atoms with van der Waals surface area (Å²) in [6.45, 7) is 4.42. The largest absolute Gasteiger partial charge is 0.496 e. The first-order valence-corrected chi connectivity index (χ1v) is 10.4. The summed E-state index contributed by atoms with van der Waals surface area (Å²) in [5, 5.41) is 6.69. The lowest BCUT2D eigenvalue weighted by Crippen LogP contribution is -2.49. The van der Waals surface area contributed by atoms with Gasteiger partial charge in [-0.3, -0.25) is 10.00 Å². The van der Waals surface area contributed by atoms with E-state index in [4.69, 9.17) is 4.74 Å². The van der Waals surface area contributed by atoms with Crippen LogP contribution >= 0.6 is 0 Å². The van der Waals surface area contributed by atoms with E-state index in [9.17, 15) is 8.42 Å². The molecule has 0 radical (unpaired) electrons. The molecule has 0 saturated carbocycles. The molecule has 1 aliphatic rings. The maximum atomic E-state index is 13.1. The summed E-state index contributed by atoms with van der Waals surface area (Å²) in [5.41, 5.74) is 1.66. The van der Waals surface area contributed by atoms with Gasteiger partial charge in [0.1, 0.15) is 5.75 Å². The number of sulfonamides is 1. The van der Waals surface area contributed by atoms with E-state index in [1.807, 2.05) is 14.1 Å². The predicted molar refractivity (Wildman–Crippen MR) is 104 cm³/mol. The summed E-state index contributed by atoms with van der Waals surface area (Å²) < 4.78 is 33.1. The maximum absolute atomic E-state index is 13.1. The molecule has 1 aromatic heterocycles. The third kappa shape index (κ3) is 4.49. The molecule has 0 unspecified atom stereocenters. The van der Waals surface area contributed by atoms with Crippen molar-refractivity contribution in [3.63, 3.8) is 0 Å². The molecule has 2 aromatic rings. The van der Waals surface area contributed by atoms with Gasteiger partial charge in [-0.1, -0.05) is 0 Å². The van der Waals surface area contributed by atoms with Crippen molar-refractivity contribution in [3.8, 4) is 16.9 Å². The third-order valence-corrected chi connectivity index (χ3v) is 6.71. The van der Waals surface area contributed by atoms with Crippen molar-refractivity contribution in [3.05, 3.63) is 30.6 Å². The quantitative estimate of drug-likeness (QED) is 0.754. The highest BCUT2D eigenvalue weighted by Gasteiger charge is 2.29. The number of nitrogens with zero attached hydrogens (tertiary/aromatic N) is 4. The maximum Gasteiger partial charge on any atom is 0.243 e. The smallest absolute Gasteiger partial charge is 0.243 e. The zero-order valence-electron chi connectivity index (χ0n) is 16.1. The Balaban J connectivity index is 1.74. The Morgan fingerprint density at radius 3 is 2.56 bits per heavy atom. The molecule has 0 bridgehead atoms. The molecule has 1 N–H and O–H groups in total. The number of aromatic nitrogens is 2. The average Bonchev–Trinajstić information content (AvgIpc) is 3.20. The lowest BCUT2D eigenvalue weighted by Gasteiger charge is -2.34. The first-order valence-electron chi connectivity index (χ1n) is 8.96. The van der Waals surface area contributed by atoms with Crippen LogP contribution in [0.5, 0.6) is 5.75 Å². The molecule has 1 saturated heterocycles. The summed E-state index contributed by atoms with van der Waals surface area (Å²) in [6, 6.07) is 5.00. The van der Waals surface area contributed by atoms with Gasteiger partial charge in [0.05, 0.1) is 18.2 Å². The summed E-state index contributed by atoms with van der Waals surface area (Å²) in [6.07, 6.45) is 3.43. The predicted octanol–water partition coefficient (Wildman–Crippen LogP) is 0.953. The van der Waals surface area contributed by atoms with Crippen LogP contribution in [0.2, 0.25) is 0 Å². The second kappa shape index (κ2) is 8.39. The average molecular weight is 394 g/mol. The number of hydrogen-bond donors (Lipinski definition) is 1. The van der Waals surface area contributed by atoms with Gasteiger partial charge in [0.2, 0.25) is 10.0 Å². The van der Waals surface area contributed by atoms with E-state index < -0.39 is 10.0 Å². The molecule has 0 aliphatic carbocycles. The van der Waals surface area contributed by atoms with E-state index in [0.717, 1.165) is 37.3 Å². The topological polar surface area (TPSA) is 81.8 Å². The van der Waals surface area contributed by atoms with Crippen LogP contribution in [0.15, 0.2) is 35.5 Å². The number of nitrogens with one attached hydrogen (secondary N) is 1. The van der Waals surface area contributed by atoms with Crippen LogP contribution < -0.4 is 4.74 Å². The van der Waals surface area contributed by atoms with Gasteiger partial charge >= 0.3 is 0 Å². The number of ether oxygens (including phenoxy) is 1. The third-order valence-electron chi connectivity index (χ3n) is 4.81. The van der Waals surface area contributed by atoms with E-state index in [0.29, 0.717) is 18.8 Å². The number of rotatable bonds is 7. The minimum absolute atomic E-state index is 0.258. The standard InChI is InChI=1S/C18H27N5O3S/c1-21(2)6-7-22-8-10-23(11-9-22)27(24,25)16-4-5-17(18(12-16)26-3)15-13-19-20-14-15/h4-5,12-14H,6-11H2,1-3H3,(H,19,20). The van der Waals surface area contributed by atoms with Crippen molar-refractivity contribution in [1.82, 2.24) is 24.3 Å². The lowest BCUT2D eigenvalue weighted by molar-refractivity contribution is 0.174. The minimum atomic E-state index is -3.54. The van der Waals surface area contributed by atoms with E-state index in [-0.39, 0.29) is 4.90 Å². The van der Waals surface area contributed by atoms with E-state index in [1.165, 1.54) is 0 Å². The van der Waals surface area contributed by atoms with Crippen LogP contribution in [-0.4, -0.2) is 93.2 Å². The molecule has 148 valence electrons. The van der Waals surface area contributed by atoms with Crippen molar-refractivity contribution < 1.29 is 13.2 Å². The number of hydrogen-bond acceptors (Lipinski definition) is 6. The molecule has 27 heavy (non-hydrogen) atoms. The molecule has 1 fully saturated rings. The van der Waals surface area contributed by atoms with Crippen LogP contribution in [0.25, 0.3) is 11.1 Å². The molecule has 9 heteroatoms. The van der Waals surface area contributed by atoms with Crippen LogP contribution in [0, 0.1) is 0 Å². The Labute approximate surface area is 160 Å². The van der Waals surface area contributed by atoms with Gasteiger partial charge in [-0.2, -0.15) is 9.40 Å². The van der Waals surface area contributed by atoms with Gasteiger partial charge in [0, 0.05) is 62.7 Å². The fourth-order valence-corrected chi connectivity index (χ4v) is 4.59. The summed E-state index contributed by atoms with van der Waals surface area (Å²) in [7, 11) is 2.08. The first-order chi connectivity index (χ1) is 12.9. The molecule has 3 rings (SSSR count). The SMILES string of the molecule is COc1cc(S(=O)(=O)N2CCN(CCN(C)C)CC2)ccc1-c1cn[nH]c1. The molecule has 0 amide bonds. The number of likely N-dealkylation sites (N-methyl/N-ethyl adjacent to an activating group) is 1. The minimum Gasteiger partial charge on any atom is -0.496 e. The highest BCUT2D eigenvalue weighted by molar-refractivity contribution is 7.89. The monoisotopic (exact) mass is 393 g/mol. The van der Waals surface area contributed by atoms with Gasteiger partial charge in [0.25, 0.3) is 0 Å². The van der Waals surface area contributed by atoms with E-state index >= 15 is 0 Å². The highest BCUT2D eigenvalue weighted by Crippen LogP contribution is 2.32. The highest BCUT2D eigenvalue weighted by atomic mass is 32.2. The van der Waals surface area contributed by atoms with Gasteiger partial charge in [-0.05, 0) is 26.2 Å².